The quantitative estimate of drug-likeness (QED) is 0.926. The molecule has 2 rings (SSSR count). The third-order valence-electron chi connectivity index (χ3n) is 3.99. The first-order valence-electron chi connectivity index (χ1n) is 7.10. The van der Waals surface area contributed by atoms with Crippen molar-refractivity contribution >= 4 is 10.0 Å². The molecule has 1 aromatic rings. The molecule has 1 fully saturated rings. The van der Waals surface area contributed by atoms with Gasteiger partial charge in [0.15, 0.2) is 0 Å². The molecule has 5 heteroatoms. The predicted molar refractivity (Wildman–Crippen MR) is 79.6 cm³/mol. The molecule has 1 aliphatic heterocycles. The fraction of sp³-hybridized carbons (Fsp3) is 0.600. The molecule has 2 unspecified atom stereocenters. The van der Waals surface area contributed by atoms with Crippen LogP contribution >= 0.6 is 0 Å². The highest BCUT2D eigenvalue weighted by atomic mass is 32.2. The molecule has 112 valence electrons. The molecule has 4 nitrogen and oxygen atoms in total. The minimum atomic E-state index is -3.26. The van der Waals surface area contributed by atoms with Crippen molar-refractivity contribution in [3.63, 3.8) is 0 Å². The second-order valence-electron chi connectivity index (χ2n) is 5.82. The first kappa shape index (κ1) is 15.5. The van der Waals surface area contributed by atoms with Gasteiger partial charge in [-0.2, -0.15) is 4.31 Å². The monoisotopic (exact) mass is 297 g/mol. The maximum Gasteiger partial charge on any atom is 0.218 e. The van der Waals surface area contributed by atoms with Crippen molar-refractivity contribution in [3.8, 4) is 0 Å². The van der Waals surface area contributed by atoms with Crippen LogP contribution < -0.4 is 0 Å². The largest absolute Gasteiger partial charge is 0.392 e. The summed E-state index contributed by atoms with van der Waals surface area (Å²) in [7, 11) is -3.26. The second-order valence-corrected chi connectivity index (χ2v) is 7.74. The SMILES string of the molecule is CC1CCN(S(=O)(=O)Cc2ccc(CO)cc2)C(C)C1. The van der Waals surface area contributed by atoms with E-state index in [1.165, 1.54) is 0 Å². The van der Waals surface area contributed by atoms with Crippen LogP contribution in [0.4, 0.5) is 0 Å². The molecule has 1 saturated heterocycles. The van der Waals surface area contributed by atoms with Gasteiger partial charge >= 0.3 is 0 Å². The Hall–Kier alpha value is -0.910. The Balaban J connectivity index is 2.10. The van der Waals surface area contributed by atoms with E-state index in [-0.39, 0.29) is 18.4 Å². The van der Waals surface area contributed by atoms with Crippen LogP contribution in [0.15, 0.2) is 24.3 Å². The van der Waals surface area contributed by atoms with Crippen molar-refractivity contribution in [1.82, 2.24) is 4.31 Å². The van der Waals surface area contributed by atoms with Crippen molar-refractivity contribution in [3.05, 3.63) is 35.4 Å². The van der Waals surface area contributed by atoms with E-state index in [1.807, 2.05) is 6.92 Å². The van der Waals surface area contributed by atoms with Gasteiger partial charge in [-0.25, -0.2) is 8.42 Å². The van der Waals surface area contributed by atoms with E-state index in [0.29, 0.717) is 12.5 Å². The van der Waals surface area contributed by atoms with E-state index in [0.717, 1.165) is 24.0 Å². The lowest BCUT2D eigenvalue weighted by atomic mass is 9.95. The average molecular weight is 297 g/mol. The Morgan fingerprint density at radius 2 is 1.80 bits per heavy atom. The van der Waals surface area contributed by atoms with Crippen LogP contribution in [0.25, 0.3) is 0 Å². The van der Waals surface area contributed by atoms with E-state index >= 15 is 0 Å². The minimum Gasteiger partial charge on any atom is -0.392 e. The van der Waals surface area contributed by atoms with Crippen LogP contribution in [0.3, 0.4) is 0 Å². The molecule has 0 saturated carbocycles. The Morgan fingerprint density at radius 3 is 2.35 bits per heavy atom. The van der Waals surface area contributed by atoms with Crippen molar-refractivity contribution in [2.45, 2.75) is 45.1 Å². The van der Waals surface area contributed by atoms with Crippen molar-refractivity contribution in [2.24, 2.45) is 5.92 Å². The molecule has 2 atom stereocenters. The van der Waals surface area contributed by atoms with Gasteiger partial charge in [0.2, 0.25) is 10.0 Å². The topological polar surface area (TPSA) is 57.6 Å². The highest BCUT2D eigenvalue weighted by Crippen LogP contribution is 2.26. The summed E-state index contributed by atoms with van der Waals surface area (Å²) < 4.78 is 26.7. The highest BCUT2D eigenvalue weighted by molar-refractivity contribution is 7.88. The molecule has 0 radical (unpaired) electrons. The Kier molecular flexibility index (Phi) is 4.83. The van der Waals surface area contributed by atoms with Crippen molar-refractivity contribution in [1.29, 1.82) is 0 Å². The van der Waals surface area contributed by atoms with Gasteiger partial charge in [0.1, 0.15) is 0 Å². The molecule has 1 aromatic carbocycles. The number of sulfonamides is 1. The zero-order chi connectivity index (χ0) is 14.8. The summed E-state index contributed by atoms with van der Waals surface area (Å²) in [5, 5.41) is 9.00. The maximum absolute atomic E-state index is 12.5. The van der Waals surface area contributed by atoms with E-state index in [2.05, 4.69) is 6.92 Å². The molecule has 1 N–H and O–H groups in total. The standard InChI is InChI=1S/C15H23NO3S/c1-12-7-8-16(13(2)9-12)20(18,19)11-15-5-3-14(10-17)4-6-15/h3-6,12-13,17H,7-11H2,1-2H3. The summed E-state index contributed by atoms with van der Waals surface area (Å²) in [4.78, 5) is 0. The van der Waals surface area contributed by atoms with E-state index in [1.54, 1.807) is 28.6 Å². The lowest BCUT2D eigenvalue weighted by Crippen LogP contribution is -2.44. The smallest absolute Gasteiger partial charge is 0.218 e. The van der Waals surface area contributed by atoms with Gasteiger partial charge in [-0.3, -0.25) is 0 Å². The van der Waals surface area contributed by atoms with E-state index in [4.69, 9.17) is 5.11 Å². The first-order valence-corrected chi connectivity index (χ1v) is 8.71. The van der Waals surface area contributed by atoms with Crippen LogP contribution in [-0.2, 0) is 22.4 Å². The van der Waals surface area contributed by atoms with Crippen LogP contribution in [-0.4, -0.2) is 30.4 Å². The van der Waals surface area contributed by atoms with Crippen LogP contribution in [0.5, 0.6) is 0 Å². The van der Waals surface area contributed by atoms with E-state index in [9.17, 15) is 8.42 Å². The molecule has 0 spiro atoms. The number of rotatable bonds is 4. The zero-order valence-corrected chi connectivity index (χ0v) is 12.9. The van der Waals surface area contributed by atoms with Gasteiger partial charge in [0.25, 0.3) is 0 Å². The summed E-state index contributed by atoms with van der Waals surface area (Å²) in [6.07, 6.45) is 1.87. The average Bonchev–Trinajstić information content (AvgIpc) is 2.38. The molecule has 20 heavy (non-hydrogen) atoms. The Bertz CT molecular complexity index is 539. The summed E-state index contributed by atoms with van der Waals surface area (Å²) >= 11 is 0. The summed E-state index contributed by atoms with van der Waals surface area (Å²) in [5.41, 5.74) is 1.57. The number of piperidine rings is 1. The minimum absolute atomic E-state index is 0.0198. The number of nitrogens with zero attached hydrogens (tertiary/aromatic N) is 1. The molecule has 1 aliphatic rings. The summed E-state index contributed by atoms with van der Waals surface area (Å²) in [5.74, 6) is 0.637. The molecular formula is C15H23NO3S. The van der Waals surface area contributed by atoms with Gasteiger partial charge in [-0.05, 0) is 36.8 Å². The zero-order valence-electron chi connectivity index (χ0n) is 12.1. The van der Waals surface area contributed by atoms with Gasteiger partial charge < -0.3 is 5.11 Å². The molecule has 0 aromatic heterocycles. The lowest BCUT2D eigenvalue weighted by Gasteiger charge is -2.35. The Labute approximate surface area is 121 Å². The van der Waals surface area contributed by atoms with Crippen LogP contribution in [0, 0.1) is 5.92 Å². The third-order valence-corrected chi connectivity index (χ3v) is 5.94. The molecule has 0 amide bonds. The number of aliphatic hydroxyl groups is 1. The summed E-state index contributed by atoms with van der Waals surface area (Å²) in [6, 6.07) is 7.18. The number of benzene rings is 1. The Morgan fingerprint density at radius 1 is 1.20 bits per heavy atom. The highest BCUT2D eigenvalue weighted by Gasteiger charge is 2.31. The van der Waals surface area contributed by atoms with Crippen molar-refractivity contribution < 1.29 is 13.5 Å². The van der Waals surface area contributed by atoms with Crippen LogP contribution in [0.2, 0.25) is 0 Å². The number of aliphatic hydroxyl groups excluding tert-OH is 1. The molecule has 0 aliphatic carbocycles. The lowest BCUT2D eigenvalue weighted by molar-refractivity contribution is 0.220. The normalized spacial score (nSPS) is 24.8. The number of hydrogen-bond donors (Lipinski definition) is 1. The predicted octanol–water partition coefficient (Wildman–Crippen LogP) is 2.13. The fourth-order valence-electron chi connectivity index (χ4n) is 2.83. The fourth-order valence-corrected chi connectivity index (χ4v) is 4.63. The van der Waals surface area contributed by atoms with E-state index < -0.39 is 10.0 Å². The number of hydrogen-bond acceptors (Lipinski definition) is 3. The summed E-state index contributed by atoms with van der Waals surface area (Å²) in [6.45, 7) is 4.77. The molecule has 0 bridgehead atoms. The maximum atomic E-state index is 12.5. The van der Waals surface area contributed by atoms with Crippen LogP contribution in [0.1, 0.15) is 37.8 Å². The van der Waals surface area contributed by atoms with Gasteiger partial charge in [-0.15, -0.1) is 0 Å². The van der Waals surface area contributed by atoms with Gasteiger partial charge in [0.05, 0.1) is 12.4 Å². The van der Waals surface area contributed by atoms with Gasteiger partial charge in [-0.1, -0.05) is 31.2 Å². The molecular weight excluding hydrogens is 274 g/mol. The first-order chi connectivity index (χ1) is 9.42. The third kappa shape index (κ3) is 3.59. The molecule has 1 heterocycles. The van der Waals surface area contributed by atoms with Gasteiger partial charge in [0, 0.05) is 12.6 Å². The van der Waals surface area contributed by atoms with Crippen molar-refractivity contribution in [2.75, 3.05) is 6.54 Å². The second kappa shape index (κ2) is 6.24.